The maximum atomic E-state index is 13.3. The molecule has 1 aromatic carbocycles. The number of hydrogen-bond donors (Lipinski definition) is 1. The van der Waals surface area contributed by atoms with Gasteiger partial charge in [-0.2, -0.15) is 0 Å². The number of aromatic nitrogens is 1. The van der Waals surface area contributed by atoms with Crippen LogP contribution in [-0.4, -0.2) is 11.0 Å². The second-order valence-electron chi connectivity index (χ2n) is 2.82. The third kappa shape index (κ3) is 1.39. The number of fused-ring (bicyclic) bond motifs is 1. The molecule has 1 heterocycles. The van der Waals surface area contributed by atoms with E-state index in [0.29, 0.717) is 9.99 Å². The van der Waals surface area contributed by atoms with Crippen LogP contribution >= 0.6 is 15.9 Å². The van der Waals surface area contributed by atoms with Crippen LogP contribution in [0.2, 0.25) is 0 Å². The van der Waals surface area contributed by atoms with Crippen molar-refractivity contribution < 1.29 is 14.3 Å². The number of carboxylic acid groups (broad SMARTS) is 1. The van der Waals surface area contributed by atoms with Crippen LogP contribution in [0.5, 0.6) is 0 Å². The topological polar surface area (TPSA) is 55.9 Å². The van der Waals surface area contributed by atoms with E-state index in [2.05, 4.69) is 20.9 Å². The largest absolute Gasteiger partial charge is 0.543 e. The van der Waals surface area contributed by atoms with Crippen molar-refractivity contribution in [3.63, 3.8) is 0 Å². The summed E-state index contributed by atoms with van der Waals surface area (Å²) in [6.45, 7) is 0. The van der Waals surface area contributed by atoms with Gasteiger partial charge in [0, 0.05) is 15.4 Å². The summed E-state index contributed by atoms with van der Waals surface area (Å²) in [6.07, 6.45) is 0. The third-order valence-corrected chi connectivity index (χ3v) is 2.33. The third-order valence-electron chi connectivity index (χ3n) is 1.87. The molecule has 0 amide bonds. The zero-order valence-corrected chi connectivity index (χ0v) is 8.39. The average molecular weight is 257 g/mol. The molecule has 3 nitrogen and oxygen atoms in total. The van der Waals surface area contributed by atoms with Gasteiger partial charge in [0.2, 0.25) is 0 Å². The monoisotopic (exact) mass is 256 g/mol. The van der Waals surface area contributed by atoms with Crippen LogP contribution in [0.3, 0.4) is 0 Å². The molecule has 0 aliphatic heterocycles. The first-order valence-electron chi connectivity index (χ1n) is 3.77. The summed E-state index contributed by atoms with van der Waals surface area (Å²) in [5, 5.41) is 10.7. The number of nitrogens with one attached hydrogen (secondary N) is 1. The number of rotatable bonds is 1. The summed E-state index contributed by atoms with van der Waals surface area (Å²) in [7, 11) is 0. The van der Waals surface area contributed by atoms with Gasteiger partial charge in [-0.05, 0) is 18.2 Å². The van der Waals surface area contributed by atoms with Crippen molar-refractivity contribution in [2.24, 2.45) is 0 Å². The minimum atomic E-state index is -1.35. The van der Waals surface area contributed by atoms with E-state index in [1.165, 1.54) is 12.1 Å². The molecule has 2 rings (SSSR count). The Balaban J connectivity index is 2.76. The summed E-state index contributed by atoms with van der Waals surface area (Å²) >= 11 is 3.11. The fraction of sp³-hybridized carbons (Fsp3) is 0. The van der Waals surface area contributed by atoms with E-state index in [4.69, 9.17) is 0 Å². The highest BCUT2D eigenvalue weighted by Gasteiger charge is 2.07. The fourth-order valence-corrected chi connectivity index (χ4v) is 1.70. The Hall–Kier alpha value is -1.36. The predicted molar refractivity (Wildman–Crippen MR) is 50.3 cm³/mol. The van der Waals surface area contributed by atoms with Crippen molar-refractivity contribution in [3.8, 4) is 0 Å². The van der Waals surface area contributed by atoms with Crippen molar-refractivity contribution in [1.82, 2.24) is 4.98 Å². The Labute approximate surface area is 86.7 Å². The molecule has 72 valence electrons. The molecular weight excluding hydrogens is 253 g/mol. The number of carboxylic acids is 1. The minimum Gasteiger partial charge on any atom is -0.543 e. The van der Waals surface area contributed by atoms with E-state index < -0.39 is 11.8 Å². The van der Waals surface area contributed by atoms with E-state index in [0.717, 1.165) is 0 Å². The highest BCUT2D eigenvalue weighted by molar-refractivity contribution is 9.10. The number of aromatic carboxylic acids is 1. The number of hydrogen-bond acceptors (Lipinski definition) is 2. The Morgan fingerprint density at radius 2 is 2.14 bits per heavy atom. The molecule has 0 aliphatic rings. The zero-order valence-electron chi connectivity index (χ0n) is 6.80. The van der Waals surface area contributed by atoms with Gasteiger partial charge in [0.05, 0.1) is 11.7 Å². The first-order chi connectivity index (χ1) is 6.58. The van der Waals surface area contributed by atoms with E-state index in [1.807, 2.05) is 0 Å². The second-order valence-corrected chi connectivity index (χ2v) is 3.73. The SMILES string of the molecule is O=C([O-])c1cc2c(F)cc(Br)cc2[nH]1. The zero-order chi connectivity index (χ0) is 10.3. The van der Waals surface area contributed by atoms with E-state index in [-0.39, 0.29) is 11.1 Å². The number of aromatic amines is 1. The normalized spacial score (nSPS) is 10.7. The van der Waals surface area contributed by atoms with Crippen LogP contribution in [0.4, 0.5) is 4.39 Å². The molecule has 0 unspecified atom stereocenters. The maximum Gasteiger partial charge on any atom is 0.133 e. The molecule has 0 radical (unpaired) electrons. The quantitative estimate of drug-likeness (QED) is 0.840. The van der Waals surface area contributed by atoms with Gasteiger partial charge >= 0.3 is 0 Å². The first-order valence-corrected chi connectivity index (χ1v) is 4.56. The first kappa shape index (κ1) is 9.21. The number of H-pyrrole nitrogens is 1. The Morgan fingerprint density at radius 1 is 1.43 bits per heavy atom. The molecule has 0 atom stereocenters. The lowest BCUT2D eigenvalue weighted by Gasteiger charge is -1.94. The Bertz CT molecular complexity index is 521. The van der Waals surface area contributed by atoms with Gasteiger partial charge in [0.1, 0.15) is 5.82 Å². The molecule has 0 spiro atoms. The van der Waals surface area contributed by atoms with Gasteiger partial charge in [0.25, 0.3) is 0 Å². The fourth-order valence-electron chi connectivity index (χ4n) is 1.27. The highest BCUT2D eigenvalue weighted by atomic mass is 79.9. The van der Waals surface area contributed by atoms with Gasteiger partial charge in [-0.1, -0.05) is 15.9 Å². The van der Waals surface area contributed by atoms with Crippen molar-refractivity contribution >= 4 is 32.8 Å². The lowest BCUT2D eigenvalue weighted by molar-refractivity contribution is -0.255. The smallest absolute Gasteiger partial charge is 0.133 e. The maximum absolute atomic E-state index is 13.3. The molecule has 1 aromatic heterocycles. The van der Waals surface area contributed by atoms with Crippen LogP contribution in [0.25, 0.3) is 10.9 Å². The molecule has 1 N–H and O–H groups in total. The Kier molecular flexibility index (Phi) is 2.03. The number of carbonyl (C=O) groups excluding carboxylic acids is 1. The van der Waals surface area contributed by atoms with Crippen molar-refractivity contribution in [2.75, 3.05) is 0 Å². The molecular formula is C9H4BrFNO2-. The second kappa shape index (κ2) is 3.09. The van der Waals surface area contributed by atoms with Crippen molar-refractivity contribution in [1.29, 1.82) is 0 Å². The highest BCUT2D eigenvalue weighted by Crippen LogP contribution is 2.23. The van der Waals surface area contributed by atoms with Crippen LogP contribution in [0.15, 0.2) is 22.7 Å². The summed E-state index contributed by atoms with van der Waals surface area (Å²) < 4.78 is 13.8. The molecule has 5 heteroatoms. The molecule has 0 aliphatic carbocycles. The molecule has 0 bridgehead atoms. The van der Waals surface area contributed by atoms with Gasteiger partial charge < -0.3 is 14.9 Å². The summed E-state index contributed by atoms with van der Waals surface area (Å²) in [5.74, 6) is -1.82. The van der Waals surface area contributed by atoms with E-state index in [9.17, 15) is 14.3 Å². The number of benzene rings is 1. The molecule has 2 aromatic rings. The molecule has 0 saturated heterocycles. The average Bonchev–Trinajstić information content (AvgIpc) is 2.47. The summed E-state index contributed by atoms with van der Waals surface area (Å²) in [6, 6.07) is 4.09. The molecule has 0 saturated carbocycles. The Morgan fingerprint density at radius 3 is 2.79 bits per heavy atom. The van der Waals surface area contributed by atoms with E-state index >= 15 is 0 Å². The van der Waals surface area contributed by atoms with Gasteiger partial charge in [-0.25, -0.2) is 4.39 Å². The summed E-state index contributed by atoms with van der Waals surface area (Å²) in [5.41, 5.74) is 0.299. The van der Waals surface area contributed by atoms with Crippen LogP contribution in [-0.2, 0) is 0 Å². The van der Waals surface area contributed by atoms with Crippen LogP contribution in [0.1, 0.15) is 10.5 Å². The lowest BCUT2D eigenvalue weighted by atomic mass is 10.2. The summed E-state index contributed by atoms with van der Waals surface area (Å²) in [4.78, 5) is 13.0. The minimum absolute atomic E-state index is 0.128. The number of carbonyl (C=O) groups is 1. The predicted octanol–water partition coefficient (Wildman–Crippen LogP) is 1.43. The van der Waals surface area contributed by atoms with Crippen LogP contribution in [0, 0.1) is 5.82 Å². The van der Waals surface area contributed by atoms with Crippen LogP contribution < -0.4 is 5.11 Å². The van der Waals surface area contributed by atoms with Crippen molar-refractivity contribution in [3.05, 3.63) is 34.2 Å². The standard InChI is InChI=1S/C9H5BrFNO2/c10-4-1-6(11)5-3-8(9(13)14)12-7(5)2-4/h1-3,12H,(H,13,14)/p-1. The lowest BCUT2D eigenvalue weighted by Crippen LogP contribution is -2.22. The van der Waals surface area contributed by atoms with Gasteiger partial charge in [-0.3, -0.25) is 0 Å². The number of halogens is 2. The van der Waals surface area contributed by atoms with Gasteiger partial charge in [0.15, 0.2) is 0 Å². The molecule has 0 fully saturated rings. The van der Waals surface area contributed by atoms with Gasteiger partial charge in [-0.15, -0.1) is 0 Å². The van der Waals surface area contributed by atoms with E-state index in [1.54, 1.807) is 6.07 Å². The van der Waals surface area contributed by atoms with Crippen molar-refractivity contribution in [2.45, 2.75) is 0 Å². The molecule has 14 heavy (non-hydrogen) atoms.